The molecule has 1 aliphatic carbocycles. The lowest BCUT2D eigenvalue weighted by molar-refractivity contribution is -0.0279. The van der Waals surface area contributed by atoms with Gasteiger partial charge in [0.05, 0.1) is 17.8 Å². The van der Waals surface area contributed by atoms with Gasteiger partial charge in [0.2, 0.25) is 0 Å². The number of rotatable bonds is 5. The molecule has 1 aliphatic rings. The molecule has 0 aliphatic heterocycles. The highest BCUT2D eigenvalue weighted by Crippen LogP contribution is 2.30. The minimum Gasteiger partial charge on any atom is -0.388 e. The molecule has 2 rings (SSSR count). The number of hydrogen-bond donors (Lipinski definition) is 3. The molecule has 0 bridgehead atoms. The maximum absolute atomic E-state index is 10.1. The summed E-state index contributed by atoms with van der Waals surface area (Å²) in [6, 6.07) is 1.95. The first-order valence-corrected chi connectivity index (χ1v) is 6.84. The van der Waals surface area contributed by atoms with Gasteiger partial charge in [-0.25, -0.2) is 4.99 Å². The molecule has 106 valence electrons. The molecular formula is C13H23N5O. The first kappa shape index (κ1) is 13.9. The van der Waals surface area contributed by atoms with Crippen LogP contribution in [0.15, 0.2) is 17.3 Å². The van der Waals surface area contributed by atoms with Gasteiger partial charge in [-0.3, -0.25) is 4.68 Å². The molecule has 6 nitrogen and oxygen atoms in total. The summed E-state index contributed by atoms with van der Waals surface area (Å²) in [5.74, 6) is 0.740. The second-order valence-electron chi connectivity index (χ2n) is 5.07. The summed E-state index contributed by atoms with van der Waals surface area (Å²) < 4.78 is 1.81. The van der Waals surface area contributed by atoms with Gasteiger partial charge in [0, 0.05) is 26.3 Å². The smallest absolute Gasteiger partial charge is 0.191 e. The Morgan fingerprint density at radius 2 is 2.32 bits per heavy atom. The van der Waals surface area contributed by atoms with E-state index in [0.717, 1.165) is 37.5 Å². The van der Waals surface area contributed by atoms with Crippen molar-refractivity contribution >= 4 is 5.96 Å². The highest BCUT2D eigenvalue weighted by atomic mass is 16.3. The third-order valence-electron chi connectivity index (χ3n) is 3.54. The van der Waals surface area contributed by atoms with Crippen LogP contribution >= 0.6 is 0 Å². The fourth-order valence-corrected chi connectivity index (χ4v) is 2.07. The molecule has 19 heavy (non-hydrogen) atoms. The zero-order valence-corrected chi connectivity index (χ0v) is 11.7. The lowest BCUT2D eigenvalue weighted by atomic mass is 9.80. The second kappa shape index (κ2) is 6.06. The van der Waals surface area contributed by atoms with Gasteiger partial charge in [0.1, 0.15) is 0 Å². The summed E-state index contributed by atoms with van der Waals surface area (Å²) in [5.41, 5.74) is 0.516. The maximum Gasteiger partial charge on any atom is 0.191 e. The third-order valence-corrected chi connectivity index (χ3v) is 3.54. The van der Waals surface area contributed by atoms with Crippen LogP contribution in [0.4, 0.5) is 0 Å². The Morgan fingerprint density at radius 3 is 2.84 bits per heavy atom. The minimum absolute atomic E-state index is 0.539. The Hall–Kier alpha value is -1.56. The summed E-state index contributed by atoms with van der Waals surface area (Å²) in [4.78, 5) is 4.50. The van der Waals surface area contributed by atoms with E-state index in [9.17, 15) is 5.11 Å². The van der Waals surface area contributed by atoms with E-state index >= 15 is 0 Å². The van der Waals surface area contributed by atoms with Crippen LogP contribution in [-0.4, -0.2) is 39.5 Å². The van der Waals surface area contributed by atoms with Crippen molar-refractivity contribution in [2.75, 3.05) is 13.1 Å². The van der Waals surface area contributed by atoms with Gasteiger partial charge in [-0.05, 0) is 32.3 Å². The van der Waals surface area contributed by atoms with Crippen molar-refractivity contribution in [3.63, 3.8) is 0 Å². The molecule has 0 atom stereocenters. The van der Waals surface area contributed by atoms with Crippen LogP contribution in [0.1, 0.15) is 31.9 Å². The van der Waals surface area contributed by atoms with Crippen molar-refractivity contribution in [1.29, 1.82) is 0 Å². The average molecular weight is 265 g/mol. The van der Waals surface area contributed by atoms with Crippen LogP contribution < -0.4 is 10.6 Å². The Morgan fingerprint density at radius 1 is 1.53 bits per heavy atom. The van der Waals surface area contributed by atoms with Crippen LogP contribution in [0.2, 0.25) is 0 Å². The van der Waals surface area contributed by atoms with Crippen LogP contribution in [0.25, 0.3) is 0 Å². The second-order valence-corrected chi connectivity index (χ2v) is 5.07. The van der Waals surface area contributed by atoms with Gasteiger partial charge in [0.15, 0.2) is 5.96 Å². The molecule has 0 unspecified atom stereocenters. The van der Waals surface area contributed by atoms with Crippen LogP contribution in [0.3, 0.4) is 0 Å². The summed E-state index contributed by atoms with van der Waals surface area (Å²) >= 11 is 0. The molecule has 1 aromatic heterocycles. The number of aryl methyl sites for hydroxylation is 1. The fourth-order valence-electron chi connectivity index (χ4n) is 2.07. The molecule has 1 saturated carbocycles. The number of aliphatic imine (C=N–C) groups is 1. The van der Waals surface area contributed by atoms with E-state index in [4.69, 9.17) is 0 Å². The average Bonchev–Trinajstić information content (AvgIpc) is 2.76. The molecule has 1 fully saturated rings. The molecular weight excluding hydrogens is 242 g/mol. The first-order valence-electron chi connectivity index (χ1n) is 6.84. The number of nitrogens with one attached hydrogen (secondary N) is 2. The molecule has 0 radical (unpaired) electrons. The van der Waals surface area contributed by atoms with Crippen LogP contribution in [-0.2, 0) is 13.6 Å². The highest BCUT2D eigenvalue weighted by Gasteiger charge is 2.34. The number of aromatic nitrogens is 2. The Kier molecular flexibility index (Phi) is 4.42. The zero-order chi connectivity index (χ0) is 13.7. The number of aliphatic hydroxyl groups is 1. The van der Waals surface area contributed by atoms with E-state index in [0.29, 0.717) is 13.1 Å². The molecule has 1 aromatic rings. The SMILES string of the molecule is CCNC(=NCc1ccnn1C)NCC1(O)CCC1. The lowest BCUT2D eigenvalue weighted by Gasteiger charge is -2.36. The normalized spacial score (nSPS) is 17.9. The van der Waals surface area contributed by atoms with Crippen molar-refractivity contribution in [3.8, 4) is 0 Å². The summed E-state index contributed by atoms with van der Waals surface area (Å²) in [5, 5.41) is 20.6. The molecule has 0 spiro atoms. The maximum atomic E-state index is 10.1. The van der Waals surface area contributed by atoms with Crippen LogP contribution in [0.5, 0.6) is 0 Å². The summed E-state index contributed by atoms with van der Waals surface area (Å²) in [7, 11) is 1.91. The number of hydrogen-bond acceptors (Lipinski definition) is 3. The Labute approximate surface area is 113 Å². The minimum atomic E-state index is -0.539. The van der Waals surface area contributed by atoms with Crippen molar-refractivity contribution in [2.24, 2.45) is 12.0 Å². The van der Waals surface area contributed by atoms with Crippen molar-refractivity contribution in [2.45, 2.75) is 38.3 Å². The van der Waals surface area contributed by atoms with Gasteiger partial charge in [0.25, 0.3) is 0 Å². The van der Waals surface area contributed by atoms with Crippen LogP contribution in [0, 0.1) is 0 Å². The van der Waals surface area contributed by atoms with Crippen molar-refractivity contribution in [3.05, 3.63) is 18.0 Å². The number of nitrogens with zero attached hydrogens (tertiary/aromatic N) is 3. The van der Waals surface area contributed by atoms with E-state index in [-0.39, 0.29) is 0 Å². The molecule has 0 aromatic carbocycles. The van der Waals surface area contributed by atoms with E-state index < -0.39 is 5.60 Å². The standard InChI is InChI=1S/C13H23N5O/c1-3-14-12(16-10-13(19)6-4-7-13)15-9-11-5-8-17-18(11)2/h5,8,19H,3-4,6-7,9-10H2,1-2H3,(H2,14,15,16). The van der Waals surface area contributed by atoms with Gasteiger partial charge in [-0.15, -0.1) is 0 Å². The quantitative estimate of drug-likeness (QED) is 0.532. The predicted octanol–water partition coefficient (Wildman–Crippen LogP) is 0.390. The number of guanidine groups is 1. The first-order chi connectivity index (χ1) is 9.13. The summed E-state index contributed by atoms with van der Waals surface area (Å²) in [6.07, 6.45) is 4.63. The summed E-state index contributed by atoms with van der Waals surface area (Å²) in [6.45, 7) is 3.96. The molecule has 0 saturated heterocycles. The monoisotopic (exact) mass is 265 g/mol. The van der Waals surface area contributed by atoms with E-state index in [1.165, 1.54) is 0 Å². The Bertz CT molecular complexity index is 436. The molecule has 6 heteroatoms. The Balaban J connectivity index is 1.89. The molecule has 1 heterocycles. The van der Waals surface area contributed by atoms with Gasteiger partial charge in [-0.2, -0.15) is 5.10 Å². The third kappa shape index (κ3) is 3.70. The lowest BCUT2D eigenvalue weighted by Crippen LogP contribution is -2.50. The molecule has 3 N–H and O–H groups in total. The van der Waals surface area contributed by atoms with Gasteiger partial charge < -0.3 is 15.7 Å². The predicted molar refractivity (Wildman–Crippen MR) is 74.8 cm³/mol. The van der Waals surface area contributed by atoms with E-state index in [1.807, 2.05) is 24.7 Å². The zero-order valence-electron chi connectivity index (χ0n) is 11.7. The van der Waals surface area contributed by atoms with E-state index in [2.05, 4.69) is 20.7 Å². The largest absolute Gasteiger partial charge is 0.388 e. The molecule has 0 amide bonds. The fraction of sp³-hybridized carbons (Fsp3) is 0.692. The topological polar surface area (TPSA) is 74.5 Å². The van der Waals surface area contributed by atoms with Crippen molar-refractivity contribution in [1.82, 2.24) is 20.4 Å². The van der Waals surface area contributed by atoms with E-state index in [1.54, 1.807) is 6.20 Å². The van der Waals surface area contributed by atoms with Crippen molar-refractivity contribution < 1.29 is 5.11 Å². The highest BCUT2D eigenvalue weighted by molar-refractivity contribution is 5.79. The van der Waals surface area contributed by atoms with Gasteiger partial charge >= 0.3 is 0 Å². The van der Waals surface area contributed by atoms with Gasteiger partial charge in [-0.1, -0.05) is 0 Å².